The van der Waals surface area contributed by atoms with Gasteiger partial charge in [0.25, 0.3) is 0 Å². The molecule has 0 heterocycles. The van der Waals surface area contributed by atoms with Gasteiger partial charge in [-0.25, -0.2) is 4.79 Å². The lowest BCUT2D eigenvalue weighted by Crippen LogP contribution is -2.36. The van der Waals surface area contributed by atoms with Gasteiger partial charge in [0.05, 0.1) is 0 Å². The van der Waals surface area contributed by atoms with Gasteiger partial charge in [0, 0.05) is 11.0 Å². The summed E-state index contributed by atoms with van der Waals surface area (Å²) in [5.41, 5.74) is 1.05. The number of hydrogen-bond acceptors (Lipinski definition) is 3. The third-order valence-electron chi connectivity index (χ3n) is 6.14. The largest absolute Gasteiger partial charge is 0.507 e. The van der Waals surface area contributed by atoms with E-state index in [9.17, 15) is 20.1 Å². The van der Waals surface area contributed by atoms with Crippen LogP contribution in [0.25, 0.3) is 0 Å². The maximum absolute atomic E-state index is 11.9. The van der Waals surface area contributed by atoms with Crippen LogP contribution in [-0.4, -0.2) is 21.3 Å². The number of phenols is 2. The second kappa shape index (κ2) is 7.95. The molecule has 1 aliphatic rings. The van der Waals surface area contributed by atoms with E-state index in [0.29, 0.717) is 24.0 Å². The van der Waals surface area contributed by atoms with Crippen molar-refractivity contribution in [3.05, 3.63) is 34.9 Å². The van der Waals surface area contributed by atoms with Gasteiger partial charge in [-0.15, -0.1) is 0 Å². The van der Waals surface area contributed by atoms with Crippen LogP contribution in [-0.2, 0) is 11.8 Å². The normalized spacial score (nSPS) is 22.0. The molecule has 4 nitrogen and oxygen atoms in total. The highest BCUT2D eigenvalue weighted by Crippen LogP contribution is 2.55. The first-order valence-corrected chi connectivity index (χ1v) is 10.0. The molecule has 1 aliphatic carbocycles. The number of phenolic OH excluding ortho intramolecular Hbond substituents is 1. The number of allylic oxidation sites excluding steroid dienone is 1. The van der Waals surface area contributed by atoms with Gasteiger partial charge in [0.1, 0.15) is 17.1 Å². The van der Waals surface area contributed by atoms with Crippen molar-refractivity contribution < 1.29 is 20.1 Å². The van der Waals surface area contributed by atoms with Crippen molar-refractivity contribution in [2.45, 2.75) is 84.5 Å². The number of carbonyl (C=O) groups is 1. The van der Waals surface area contributed by atoms with Gasteiger partial charge >= 0.3 is 5.97 Å². The second-order valence-electron chi connectivity index (χ2n) is 9.05. The molecule has 1 aromatic carbocycles. The number of aromatic carboxylic acids is 1. The maximum Gasteiger partial charge on any atom is 0.339 e. The zero-order chi connectivity index (χ0) is 20.4. The molecule has 0 saturated heterocycles. The maximum atomic E-state index is 11.9. The summed E-state index contributed by atoms with van der Waals surface area (Å²) >= 11 is 0. The zero-order valence-electron chi connectivity index (χ0n) is 17.2. The summed E-state index contributed by atoms with van der Waals surface area (Å²) in [5.74, 6) is -1.47. The average Bonchev–Trinajstić information content (AvgIpc) is 2.54. The third-order valence-corrected chi connectivity index (χ3v) is 6.14. The van der Waals surface area contributed by atoms with E-state index in [1.807, 2.05) is 6.92 Å². The Balaban J connectivity index is 2.53. The predicted octanol–water partition coefficient (Wildman–Crippen LogP) is 5.94. The SMILES string of the molecule is C=C1CCC(C)(C)CC1(C)c1c(O)cc(CCCCCC)c(C(=O)O)c1O. The number of rotatable bonds is 7. The monoisotopic (exact) mass is 374 g/mol. The first-order chi connectivity index (χ1) is 12.5. The molecule has 0 aliphatic heterocycles. The number of hydrogen-bond donors (Lipinski definition) is 3. The van der Waals surface area contributed by atoms with Gasteiger partial charge in [-0.1, -0.05) is 59.1 Å². The van der Waals surface area contributed by atoms with Crippen LogP contribution in [0.2, 0.25) is 0 Å². The molecule has 3 N–H and O–H groups in total. The zero-order valence-corrected chi connectivity index (χ0v) is 17.2. The Kier molecular flexibility index (Phi) is 6.28. The van der Waals surface area contributed by atoms with Gasteiger partial charge in [0.2, 0.25) is 0 Å². The van der Waals surface area contributed by atoms with Crippen molar-refractivity contribution in [3.8, 4) is 11.5 Å². The summed E-state index contributed by atoms with van der Waals surface area (Å²) in [4.78, 5) is 11.9. The molecule has 0 aromatic heterocycles. The lowest BCUT2D eigenvalue weighted by atomic mass is 9.59. The van der Waals surface area contributed by atoms with Crippen LogP contribution in [0, 0.1) is 5.41 Å². The molecule has 1 aromatic rings. The molecule has 4 heteroatoms. The number of benzene rings is 1. The Labute approximate surface area is 162 Å². The Morgan fingerprint density at radius 2 is 1.85 bits per heavy atom. The van der Waals surface area contributed by atoms with E-state index >= 15 is 0 Å². The van der Waals surface area contributed by atoms with E-state index in [1.165, 1.54) is 0 Å². The fourth-order valence-corrected chi connectivity index (χ4v) is 4.63. The van der Waals surface area contributed by atoms with Gasteiger partial charge in [-0.05, 0) is 49.1 Å². The van der Waals surface area contributed by atoms with Crippen LogP contribution in [0.15, 0.2) is 18.2 Å². The number of aromatic hydroxyl groups is 2. The smallest absolute Gasteiger partial charge is 0.339 e. The highest BCUT2D eigenvalue weighted by atomic mass is 16.4. The molecule has 1 atom stereocenters. The Bertz CT molecular complexity index is 732. The molecule has 0 radical (unpaired) electrons. The van der Waals surface area contributed by atoms with Crippen molar-refractivity contribution in [2.24, 2.45) is 5.41 Å². The molecule has 0 spiro atoms. The molecule has 27 heavy (non-hydrogen) atoms. The van der Waals surface area contributed by atoms with Crippen LogP contribution in [0.4, 0.5) is 0 Å². The Hall–Kier alpha value is -1.97. The van der Waals surface area contributed by atoms with Crippen molar-refractivity contribution in [3.63, 3.8) is 0 Å². The van der Waals surface area contributed by atoms with E-state index in [0.717, 1.165) is 44.1 Å². The highest BCUT2D eigenvalue weighted by Gasteiger charge is 2.44. The number of carboxylic acids is 1. The Morgan fingerprint density at radius 1 is 1.19 bits per heavy atom. The van der Waals surface area contributed by atoms with Gasteiger partial charge in [0.15, 0.2) is 0 Å². The van der Waals surface area contributed by atoms with E-state index in [-0.39, 0.29) is 22.5 Å². The highest BCUT2D eigenvalue weighted by molar-refractivity contribution is 5.94. The van der Waals surface area contributed by atoms with E-state index in [4.69, 9.17) is 0 Å². The van der Waals surface area contributed by atoms with Crippen LogP contribution < -0.4 is 0 Å². The van der Waals surface area contributed by atoms with Crippen molar-refractivity contribution in [2.75, 3.05) is 0 Å². The summed E-state index contributed by atoms with van der Waals surface area (Å²) in [6.07, 6.45) is 7.04. The lowest BCUT2D eigenvalue weighted by Gasteiger charge is -2.45. The minimum absolute atomic E-state index is 0.0238. The quantitative estimate of drug-likeness (QED) is 0.407. The standard InChI is InChI=1S/C23H34O4/c1-6-7-8-9-10-16-13-17(24)19(20(25)18(16)21(26)27)23(5)14-22(3,4)12-11-15(23)2/h13,24-25H,2,6-12,14H2,1,3-5H3,(H,26,27). The molecule has 0 amide bonds. The van der Waals surface area contributed by atoms with Crippen LogP contribution in [0.3, 0.4) is 0 Å². The van der Waals surface area contributed by atoms with Gasteiger partial charge in [-0.2, -0.15) is 0 Å². The van der Waals surface area contributed by atoms with Crippen LogP contribution in [0.1, 0.15) is 94.1 Å². The minimum atomic E-state index is -1.15. The average molecular weight is 375 g/mol. The van der Waals surface area contributed by atoms with E-state index < -0.39 is 11.4 Å². The summed E-state index contributed by atoms with van der Waals surface area (Å²) in [6.45, 7) is 12.6. The number of unbranched alkanes of at least 4 members (excludes halogenated alkanes) is 3. The summed E-state index contributed by atoms with van der Waals surface area (Å²) < 4.78 is 0. The number of carboxylic acid groups (broad SMARTS) is 1. The molecule has 1 unspecified atom stereocenters. The summed E-state index contributed by atoms with van der Waals surface area (Å²) in [7, 11) is 0. The van der Waals surface area contributed by atoms with E-state index in [2.05, 4.69) is 27.4 Å². The minimum Gasteiger partial charge on any atom is -0.507 e. The fraction of sp³-hybridized carbons (Fsp3) is 0.609. The summed E-state index contributed by atoms with van der Waals surface area (Å²) in [5, 5.41) is 31.5. The molecule has 1 saturated carbocycles. The molecular weight excluding hydrogens is 340 g/mol. The van der Waals surface area contributed by atoms with Crippen LogP contribution in [0.5, 0.6) is 11.5 Å². The van der Waals surface area contributed by atoms with E-state index in [1.54, 1.807) is 6.07 Å². The second-order valence-corrected chi connectivity index (χ2v) is 9.05. The van der Waals surface area contributed by atoms with Crippen LogP contribution >= 0.6 is 0 Å². The lowest BCUT2D eigenvalue weighted by molar-refractivity contribution is 0.0692. The molecule has 2 rings (SSSR count). The Morgan fingerprint density at radius 3 is 2.44 bits per heavy atom. The van der Waals surface area contributed by atoms with Gasteiger partial charge < -0.3 is 15.3 Å². The first kappa shape index (κ1) is 21.3. The molecule has 150 valence electrons. The topological polar surface area (TPSA) is 77.8 Å². The predicted molar refractivity (Wildman–Crippen MR) is 109 cm³/mol. The first-order valence-electron chi connectivity index (χ1n) is 10.0. The summed E-state index contributed by atoms with van der Waals surface area (Å²) in [6, 6.07) is 1.55. The van der Waals surface area contributed by atoms with Crippen molar-refractivity contribution in [1.29, 1.82) is 0 Å². The van der Waals surface area contributed by atoms with Gasteiger partial charge in [-0.3, -0.25) is 0 Å². The number of aryl methyl sites for hydroxylation is 1. The molecule has 1 fully saturated rings. The van der Waals surface area contributed by atoms with Crippen molar-refractivity contribution >= 4 is 5.97 Å². The molecule has 0 bridgehead atoms. The van der Waals surface area contributed by atoms with Crippen molar-refractivity contribution in [1.82, 2.24) is 0 Å². The molecular formula is C23H34O4. The fourth-order valence-electron chi connectivity index (χ4n) is 4.63. The third kappa shape index (κ3) is 4.31.